The van der Waals surface area contributed by atoms with E-state index in [-0.39, 0.29) is 47.1 Å². The van der Waals surface area contributed by atoms with Gasteiger partial charge in [0.05, 0.1) is 12.2 Å². The first-order valence-electron chi connectivity index (χ1n) is 12.2. The average Bonchev–Trinajstić information content (AvgIpc) is 3.20. The molecule has 0 aromatic rings. The standard InChI is InChI=1S/C26H36O5/c1-5-7-22-30-21-13-18-17-9-8-15-12-16(27)10-11-24(15,3)23(17)19(28)14-25(18,4)26(21,31-22)20(29)6-2/h10-12,17-19,21-23,28H,5-9,13-14H2,1-4H3. The number of hydrogen-bond donors (Lipinski definition) is 1. The maximum Gasteiger partial charge on any atom is 0.178 e. The molecule has 1 N–H and O–H groups in total. The number of hydrogen-bond acceptors (Lipinski definition) is 5. The summed E-state index contributed by atoms with van der Waals surface area (Å²) in [7, 11) is 0. The molecule has 170 valence electrons. The molecule has 0 aromatic heterocycles. The SMILES string of the molecule is CCCC1OC2CC3C4CCC5=CC(=O)C=CC5(C)C4C(O)CC3(C)C2(C(=O)CC)O1. The van der Waals surface area contributed by atoms with Crippen LogP contribution in [0.25, 0.3) is 0 Å². The molecule has 5 heteroatoms. The van der Waals surface area contributed by atoms with E-state index in [1.807, 2.05) is 13.0 Å². The van der Waals surface area contributed by atoms with Crippen LogP contribution in [0.5, 0.6) is 0 Å². The van der Waals surface area contributed by atoms with Gasteiger partial charge in [-0.05, 0) is 56.1 Å². The zero-order chi connectivity index (χ0) is 22.2. The fourth-order valence-electron chi connectivity index (χ4n) is 8.27. The number of carbonyl (C=O) groups excluding carboxylic acids is 2. The second-order valence-corrected chi connectivity index (χ2v) is 10.9. The highest BCUT2D eigenvalue weighted by Crippen LogP contribution is 2.69. The van der Waals surface area contributed by atoms with E-state index in [0.717, 1.165) is 37.7 Å². The van der Waals surface area contributed by atoms with Crippen LogP contribution in [0.15, 0.2) is 23.8 Å². The van der Waals surface area contributed by atoms with Gasteiger partial charge in [-0.3, -0.25) is 9.59 Å². The topological polar surface area (TPSA) is 72.8 Å². The van der Waals surface area contributed by atoms with Crippen molar-refractivity contribution in [2.24, 2.45) is 28.6 Å². The monoisotopic (exact) mass is 428 g/mol. The molecular formula is C26H36O5. The second kappa shape index (κ2) is 7.10. The summed E-state index contributed by atoms with van der Waals surface area (Å²) < 4.78 is 12.9. The van der Waals surface area contributed by atoms with Crippen molar-refractivity contribution in [2.45, 2.75) is 96.7 Å². The zero-order valence-corrected chi connectivity index (χ0v) is 19.2. The predicted octanol–water partition coefficient (Wildman–Crippen LogP) is 4.13. The summed E-state index contributed by atoms with van der Waals surface area (Å²) in [5.41, 5.74) is -0.548. The minimum Gasteiger partial charge on any atom is -0.393 e. The molecule has 5 rings (SSSR count). The van der Waals surface area contributed by atoms with Crippen molar-refractivity contribution in [3.8, 4) is 0 Å². The lowest BCUT2D eigenvalue weighted by molar-refractivity contribution is -0.199. The molecule has 3 saturated carbocycles. The summed E-state index contributed by atoms with van der Waals surface area (Å²) in [6.45, 7) is 8.37. The molecule has 9 atom stereocenters. The number of aliphatic hydroxyl groups is 1. The lowest BCUT2D eigenvalue weighted by atomic mass is 9.46. The van der Waals surface area contributed by atoms with Crippen LogP contribution in [-0.2, 0) is 19.1 Å². The fraction of sp³-hybridized carbons (Fsp3) is 0.769. The molecule has 4 aliphatic carbocycles. The maximum absolute atomic E-state index is 13.5. The highest BCUT2D eigenvalue weighted by Gasteiger charge is 2.75. The van der Waals surface area contributed by atoms with Crippen molar-refractivity contribution < 1.29 is 24.2 Å². The van der Waals surface area contributed by atoms with E-state index >= 15 is 0 Å². The zero-order valence-electron chi connectivity index (χ0n) is 19.2. The maximum atomic E-state index is 13.5. The van der Waals surface area contributed by atoms with E-state index in [1.165, 1.54) is 0 Å². The van der Waals surface area contributed by atoms with E-state index in [9.17, 15) is 14.7 Å². The third-order valence-electron chi connectivity index (χ3n) is 9.55. The third kappa shape index (κ3) is 2.66. The molecule has 0 bridgehead atoms. The van der Waals surface area contributed by atoms with Gasteiger partial charge in [0.15, 0.2) is 23.5 Å². The van der Waals surface area contributed by atoms with Crippen molar-refractivity contribution >= 4 is 11.6 Å². The molecule has 31 heavy (non-hydrogen) atoms. The Morgan fingerprint density at radius 3 is 2.77 bits per heavy atom. The first-order chi connectivity index (χ1) is 14.7. The molecule has 1 aliphatic heterocycles. The van der Waals surface area contributed by atoms with Gasteiger partial charge in [-0.15, -0.1) is 0 Å². The Morgan fingerprint density at radius 1 is 1.29 bits per heavy atom. The van der Waals surface area contributed by atoms with Crippen LogP contribution in [0.2, 0.25) is 0 Å². The van der Waals surface area contributed by atoms with Crippen molar-refractivity contribution in [2.75, 3.05) is 0 Å². The minimum atomic E-state index is -0.951. The number of Topliss-reactive ketones (excluding diaryl/α,β-unsaturated/α-hetero) is 1. The number of rotatable bonds is 4. The number of carbonyl (C=O) groups is 2. The summed E-state index contributed by atoms with van der Waals surface area (Å²) >= 11 is 0. The summed E-state index contributed by atoms with van der Waals surface area (Å²) in [6, 6.07) is 0. The molecule has 0 spiro atoms. The van der Waals surface area contributed by atoms with E-state index in [2.05, 4.69) is 20.8 Å². The van der Waals surface area contributed by atoms with Gasteiger partial charge >= 0.3 is 0 Å². The van der Waals surface area contributed by atoms with Crippen molar-refractivity contribution in [3.05, 3.63) is 23.8 Å². The Kier molecular flexibility index (Phi) is 4.93. The molecule has 0 amide bonds. The molecule has 0 aromatic carbocycles. The van der Waals surface area contributed by atoms with Crippen molar-refractivity contribution in [1.82, 2.24) is 0 Å². The van der Waals surface area contributed by atoms with Gasteiger partial charge in [0.1, 0.15) is 0 Å². The Balaban J connectivity index is 1.55. The van der Waals surface area contributed by atoms with Gasteiger partial charge in [0, 0.05) is 23.2 Å². The molecule has 5 nitrogen and oxygen atoms in total. The van der Waals surface area contributed by atoms with Crippen LogP contribution in [0.1, 0.15) is 72.6 Å². The number of fused-ring (bicyclic) bond motifs is 7. The van der Waals surface area contributed by atoms with Gasteiger partial charge in [-0.2, -0.15) is 0 Å². The second-order valence-electron chi connectivity index (χ2n) is 10.9. The Bertz CT molecular complexity index is 860. The van der Waals surface area contributed by atoms with Gasteiger partial charge in [0.2, 0.25) is 0 Å². The van der Waals surface area contributed by atoms with Crippen LogP contribution in [-0.4, -0.2) is 40.8 Å². The third-order valence-corrected chi connectivity index (χ3v) is 9.55. The molecule has 4 fully saturated rings. The summed E-state index contributed by atoms with van der Waals surface area (Å²) in [5, 5.41) is 11.6. The molecule has 0 radical (unpaired) electrons. The predicted molar refractivity (Wildman–Crippen MR) is 116 cm³/mol. The quantitative estimate of drug-likeness (QED) is 0.729. The van der Waals surface area contributed by atoms with Gasteiger partial charge < -0.3 is 14.6 Å². The normalized spacial score (nSPS) is 50.4. The number of ketones is 2. The van der Waals surface area contributed by atoms with E-state index in [4.69, 9.17) is 9.47 Å². The van der Waals surface area contributed by atoms with Gasteiger partial charge in [0.25, 0.3) is 0 Å². The smallest absolute Gasteiger partial charge is 0.178 e. The highest BCUT2D eigenvalue weighted by molar-refractivity contribution is 6.01. The molecule has 9 unspecified atom stereocenters. The molecule has 1 heterocycles. The van der Waals surface area contributed by atoms with Gasteiger partial charge in [-0.1, -0.05) is 45.8 Å². The van der Waals surface area contributed by atoms with E-state index in [1.54, 1.807) is 12.2 Å². The summed E-state index contributed by atoms with van der Waals surface area (Å²) in [6.07, 6.45) is 9.67. The number of allylic oxidation sites excluding steroid dienone is 4. The highest BCUT2D eigenvalue weighted by atomic mass is 16.7. The van der Waals surface area contributed by atoms with Crippen LogP contribution in [0, 0.1) is 28.6 Å². The summed E-state index contributed by atoms with van der Waals surface area (Å²) in [5.74, 6) is 0.755. The molecule has 5 aliphatic rings. The lowest BCUT2D eigenvalue weighted by Crippen LogP contribution is -2.63. The first-order valence-corrected chi connectivity index (χ1v) is 12.2. The first kappa shape index (κ1) is 21.5. The Morgan fingerprint density at radius 2 is 2.06 bits per heavy atom. The van der Waals surface area contributed by atoms with Crippen LogP contribution < -0.4 is 0 Å². The fourth-order valence-corrected chi connectivity index (χ4v) is 8.27. The Hall–Kier alpha value is -1.30. The molecular weight excluding hydrogens is 392 g/mol. The van der Waals surface area contributed by atoms with Crippen LogP contribution in [0.3, 0.4) is 0 Å². The average molecular weight is 429 g/mol. The molecule has 1 saturated heterocycles. The van der Waals surface area contributed by atoms with E-state index in [0.29, 0.717) is 12.8 Å². The number of aliphatic hydroxyl groups excluding tert-OH is 1. The van der Waals surface area contributed by atoms with Gasteiger partial charge in [-0.25, -0.2) is 0 Å². The number of ether oxygens (including phenoxy) is 2. The van der Waals surface area contributed by atoms with Crippen LogP contribution >= 0.6 is 0 Å². The summed E-state index contributed by atoms with van der Waals surface area (Å²) in [4.78, 5) is 25.5. The van der Waals surface area contributed by atoms with Crippen molar-refractivity contribution in [3.63, 3.8) is 0 Å². The van der Waals surface area contributed by atoms with Crippen LogP contribution in [0.4, 0.5) is 0 Å². The lowest BCUT2D eigenvalue weighted by Gasteiger charge is -2.59. The van der Waals surface area contributed by atoms with Crippen molar-refractivity contribution in [1.29, 1.82) is 0 Å². The largest absolute Gasteiger partial charge is 0.393 e. The van der Waals surface area contributed by atoms with E-state index < -0.39 is 17.1 Å². The Labute approximate surface area is 185 Å². The minimum absolute atomic E-state index is 0.0488.